The average Bonchev–Trinajstić information content (AvgIpc) is 3.54. The van der Waals surface area contributed by atoms with Crippen LogP contribution in [0.3, 0.4) is 0 Å². The molecule has 0 aliphatic carbocycles. The van der Waals surface area contributed by atoms with E-state index in [0.717, 1.165) is 68.0 Å². The molecule has 0 amide bonds. The first-order valence-electron chi connectivity index (χ1n) is 11.7. The highest BCUT2D eigenvalue weighted by Gasteiger charge is 2.21. The van der Waals surface area contributed by atoms with E-state index in [-0.39, 0.29) is 0 Å². The SMILES string of the molecule is CN(C)CCCOc1c2[nH]c3ccc(Cl)cc3c2cc2c3cc(Cl)ccc3n(Cc3ccc[nH]3)c12. The lowest BCUT2D eigenvalue weighted by Crippen LogP contribution is -2.15. The number of rotatable bonds is 7. The van der Waals surface area contributed by atoms with E-state index in [1.807, 2.05) is 42.6 Å². The number of nitrogens with one attached hydrogen (secondary N) is 2. The fourth-order valence-electron chi connectivity index (χ4n) is 5.02. The molecule has 0 fully saturated rings. The molecule has 2 N–H and O–H groups in total. The van der Waals surface area contributed by atoms with Crippen molar-refractivity contribution >= 4 is 66.8 Å². The Hall–Kier alpha value is -3.12. The number of H-pyrrole nitrogens is 2. The lowest BCUT2D eigenvalue weighted by molar-refractivity contribution is 0.285. The summed E-state index contributed by atoms with van der Waals surface area (Å²) in [5.74, 6) is 0.863. The molecule has 0 bridgehead atoms. The highest BCUT2D eigenvalue weighted by Crippen LogP contribution is 2.43. The minimum atomic E-state index is 0.618. The van der Waals surface area contributed by atoms with Crippen LogP contribution in [0.15, 0.2) is 60.8 Å². The van der Waals surface area contributed by atoms with E-state index in [2.05, 4.69) is 51.7 Å². The van der Waals surface area contributed by atoms with Gasteiger partial charge in [0.25, 0.3) is 0 Å². The molecule has 3 heterocycles. The molecule has 0 radical (unpaired) electrons. The first kappa shape index (κ1) is 22.4. The number of fused-ring (bicyclic) bond motifs is 6. The van der Waals surface area contributed by atoms with Crippen molar-refractivity contribution in [2.75, 3.05) is 27.2 Å². The van der Waals surface area contributed by atoms with Gasteiger partial charge in [-0.05, 0) is 75.1 Å². The Morgan fingerprint density at radius 3 is 2.49 bits per heavy atom. The Balaban J connectivity index is 1.67. The molecule has 0 aliphatic heterocycles. The van der Waals surface area contributed by atoms with Gasteiger partial charge >= 0.3 is 0 Å². The fourth-order valence-corrected chi connectivity index (χ4v) is 5.36. The molecule has 6 aromatic rings. The van der Waals surface area contributed by atoms with E-state index in [1.54, 1.807) is 0 Å². The van der Waals surface area contributed by atoms with E-state index >= 15 is 0 Å². The molecule has 5 nitrogen and oxygen atoms in total. The van der Waals surface area contributed by atoms with Gasteiger partial charge in [0.2, 0.25) is 0 Å². The Morgan fingerprint density at radius 2 is 1.71 bits per heavy atom. The zero-order valence-corrected chi connectivity index (χ0v) is 21.2. The third-order valence-corrected chi connectivity index (χ3v) is 7.05. The predicted molar refractivity (Wildman–Crippen MR) is 147 cm³/mol. The van der Waals surface area contributed by atoms with Crippen molar-refractivity contribution in [3.05, 3.63) is 76.5 Å². The van der Waals surface area contributed by atoms with Gasteiger partial charge in [-0.15, -0.1) is 0 Å². The predicted octanol–water partition coefficient (Wildman–Crippen LogP) is 7.44. The van der Waals surface area contributed by atoms with Crippen LogP contribution in [-0.2, 0) is 6.54 Å². The maximum absolute atomic E-state index is 6.61. The molecule has 0 atom stereocenters. The Bertz CT molecular complexity index is 1680. The smallest absolute Gasteiger partial charge is 0.167 e. The Morgan fingerprint density at radius 1 is 0.914 bits per heavy atom. The largest absolute Gasteiger partial charge is 0.489 e. The first-order chi connectivity index (χ1) is 17.0. The summed E-state index contributed by atoms with van der Waals surface area (Å²) in [6.45, 7) is 2.27. The average molecular weight is 505 g/mol. The number of benzene rings is 3. The van der Waals surface area contributed by atoms with Gasteiger partial charge in [-0.2, -0.15) is 0 Å². The number of nitrogens with zero attached hydrogens (tertiary/aromatic N) is 2. The van der Waals surface area contributed by atoms with E-state index in [9.17, 15) is 0 Å². The lowest BCUT2D eigenvalue weighted by atomic mass is 10.1. The van der Waals surface area contributed by atoms with Crippen LogP contribution in [0.2, 0.25) is 10.0 Å². The van der Waals surface area contributed by atoms with Crippen molar-refractivity contribution in [1.29, 1.82) is 0 Å². The molecule has 0 unspecified atom stereocenters. The number of halogens is 2. The highest BCUT2D eigenvalue weighted by atomic mass is 35.5. The van der Waals surface area contributed by atoms with Crippen LogP contribution in [-0.4, -0.2) is 46.7 Å². The van der Waals surface area contributed by atoms with Gasteiger partial charge in [-0.1, -0.05) is 23.2 Å². The summed E-state index contributed by atoms with van der Waals surface area (Å²) >= 11 is 12.9. The molecule has 6 rings (SSSR count). The lowest BCUT2D eigenvalue weighted by Gasteiger charge is -2.14. The van der Waals surface area contributed by atoms with Crippen molar-refractivity contribution in [3.8, 4) is 5.75 Å². The molecule has 3 aromatic carbocycles. The van der Waals surface area contributed by atoms with E-state index in [4.69, 9.17) is 27.9 Å². The van der Waals surface area contributed by atoms with Gasteiger partial charge in [0.15, 0.2) is 5.75 Å². The minimum Gasteiger partial charge on any atom is -0.489 e. The Kier molecular flexibility index (Phi) is 5.64. The van der Waals surface area contributed by atoms with Crippen molar-refractivity contribution in [2.45, 2.75) is 13.0 Å². The van der Waals surface area contributed by atoms with Crippen molar-refractivity contribution < 1.29 is 4.74 Å². The second-order valence-corrected chi connectivity index (χ2v) is 10.2. The van der Waals surface area contributed by atoms with Gasteiger partial charge < -0.3 is 24.2 Å². The molecular weight excluding hydrogens is 479 g/mol. The Labute approximate surface area is 213 Å². The van der Waals surface area contributed by atoms with E-state index < -0.39 is 0 Å². The fraction of sp³-hybridized carbons (Fsp3) is 0.214. The van der Waals surface area contributed by atoms with Crippen LogP contribution >= 0.6 is 23.2 Å². The van der Waals surface area contributed by atoms with Crippen LogP contribution in [0.1, 0.15) is 12.1 Å². The van der Waals surface area contributed by atoms with E-state index in [0.29, 0.717) is 23.2 Å². The second-order valence-electron chi connectivity index (χ2n) is 9.29. The zero-order chi connectivity index (χ0) is 24.1. The minimum absolute atomic E-state index is 0.618. The molecular formula is C28H26Cl2N4O. The third kappa shape index (κ3) is 3.94. The number of ether oxygens (including phenoxy) is 1. The van der Waals surface area contributed by atoms with E-state index in [1.165, 1.54) is 0 Å². The maximum atomic E-state index is 6.61. The number of aromatic nitrogens is 3. The van der Waals surface area contributed by atoms with Crippen molar-refractivity contribution in [1.82, 2.24) is 19.4 Å². The van der Waals surface area contributed by atoms with Crippen molar-refractivity contribution in [2.24, 2.45) is 0 Å². The quantitative estimate of drug-likeness (QED) is 0.222. The molecule has 35 heavy (non-hydrogen) atoms. The van der Waals surface area contributed by atoms with Crippen LogP contribution in [0.4, 0.5) is 0 Å². The summed E-state index contributed by atoms with van der Waals surface area (Å²) in [5, 5.41) is 5.83. The molecule has 178 valence electrons. The summed E-state index contributed by atoms with van der Waals surface area (Å²) in [6, 6.07) is 18.4. The number of hydrogen-bond donors (Lipinski definition) is 2. The molecule has 0 spiro atoms. The zero-order valence-electron chi connectivity index (χ0n) is 19.7. The summed E-state index contributed by atoms with van der Waals surface area (Å²) in [6.07, 6.45) is 2.89. The topological polar surface area (TPSA) is 49.0 Å². The molecule has 0 saturated carbocycles. The van der Waals surface area contributed by atoms with Crippen molar-refractivity contribution in [3.63, 3.8) is 0 Å². The molecule has 0 aliphatic rings. The first-order valence-corrected chi connectivity index (χ1v) is 12.5. The normalized spacial score (nSPS) is 12.1. The second kappa shape index (κ2) is 8.83. The summed E-state index contributed by atoms with van der Waals surface area (Å²) < 4.78 is 8.93. The van der Waals surface area contributed by atoms with Gasteiger partial charge in [-0.25, -0.2) is 0 Å². The summed E-state index contributed by atoms with van der Waals surface area (Å²) in [7, 11) is 4.16. The number of aromatic amines is 2. The third-order valence-electron chi connectivity index (χ3n) is 6.58. The molecule has 0 saturated heterocycles. The van der Waals surface area contributed by atoms with Gasteiger partial charge in [0, 0.05) is 61.1 Å². The highest BCUT2D eigenvalue weighted by molar-refractivity contribution is 6.33. The monoisotopic (exact) mass is 504 g/mol. The van der Waals surface area contributed by atoms with Crippen LogP contribution in [0.25, 0.3) is 43.6 Å². The van der Waals surface area contributed by atoms with Crippen LogP contribution in [0, 0.1) is 0 Å². The summed E-state index contributed by atoms with van der Waals surface area (Å²) in [5.41, 5.74) is 5.33. The number of hydrogen-bond acceptors (Lipinski definition) is 2. The van der Waals surface area contributed by atoms with Gasteiger partial charge in [0.05, 0.1) is 24.2 Å². The maximum Gasteiger partial charge on any atom is 0.167 e. The van der Waals surface area contributed by atoms with Gasteiger partial charge in [0.1, 0.15) is 0 Å². The molecule has 7 heteroatoms. The summed E-state index contributed by atoms with van der Waals surface area (Å²) in [4.78, 5) is 9.14. The van der Waals surface area contributed by atoms with Crippen LogP contribution < -0.4 is 4.74 Å². The molecule has 3 aromatic heterocycles. The standard InChI is InChI=1S/C28H26Cl2N4O/c1-33(2)11-4-12-35-28-26-22(20-13-17(29)6-8-24(20)32-26)15-23-21-14-18(30)7-9-25(21)34(27(23)28)16-19-5-3-10-31-19/h3,5-10,13-15,31-32H,4,11-12,16H2,1-2H3. The van der Waals surface area contributed by atoms with Gasteiger partial charge in [-0.3, -0.25) is 0 Å². The van der Waals surface area contributed by atoms with Crippen LogP contribution in [0.5, 0.6) is 5.75 Å².